The van der Waals surface area contributed by atoms with Crippen molar-refractivity contribution in [2.75, 3.05) is 0 Å². The predicted molar refractivity (Wildman–Crippen MR) is 54.4 cm³/mol. The van der Waals surface area contributed by atoms with Gasteiger partial charge in [0, 0.05) is 11.6 Å². The highest BCUT2D eigenvalue weighted by Gasteiger charge is 2.06. The molecule has 0 aliphatic carbocycles. The standard InChI is InChI=1S/C10H8N2O3/c13-8-3-2-7-10(12-5-11-7)6(8)1-4-9(14)15/h1-5,13H,(H,11,12)(H,14,15)/b4-1+. The highest BCUT2D eigenvalue weighted by atomic mass is 16.4. The molecule has 2 rings (SSSR count). The van der Waals surface area contributed by atoms with Gasteiger partial charge in [-0.2, -0.15) is 0 Å². The van der Waals surface area contributed by atoms with Gasteiger partial charge < -0.3 is 15.2 Å². The molecule has 0 bridgehead atoms. The van der Waals surface area contributed by atoms with Crippen molar-refractivity contribution >= 4 is 23.1 Å². The molecule has 0 unspecified atom stereocenters. The van der Waals surface area contributed by atoms with Crippen molar-refractivity contribution in [3.8, 4) is 5.75 Å². The van der Waals surface area contributed by atoms with Crippen LogP contribution in [0.1, 0.15) is 5.56 Å². The maximum Gasteiger partial charge on any atom is 0.328 e. The number of aliphatic carboxylic acids is 1. The molecule has 5 nitrogen and oxygen atoms in total. The van der Waals surface area contributed by atoms with Crippen LogP contribution in [-0.4, -0.2) is 26.2 Å². The number of aromatic amines is 1. The second-order valence-electron chi connectivity index (χ2n) is 2.97. The van der Waals surface area contributed by atoms with Crippen LogP contribution in [0.3, 0.4) is 0 Å². The van der Waals surface area contributed by atoms with Gasteiger partial charge in [-0.1, -0.05) is 0 Å². The lowest BCUT2D eigenvalue weighted by molar-refractivity contribution is -0.131. The van der Waals surface area contributed by atoms with Crippen LogP contribution in [0.25, 0.3) is 17.1 Å². The van der Waals surface area contributed by atoms with Gasteiger partial charge in [0.2, 0.25) is 0 Å². The molecule has 76 valence electrons. The van der Waals surface area contributed by atoms with Gasteiger partial charge in [0.1, 0.15) is 5.75 Å². The molecule has 3 N–H and O–H groups in total. The van der Waals surface area contributed by atoms with Gasteiger partial charge >= 0.3 is 5.97 Å². The second-order valence-corrected chi connectivity index (χ2v) is 2.97. The molecule has 0 atom stereocenters. The van der Waals surface area contributed by atoms with Crippen molar-refractivity contribution < 1.29 is 15.0 Å². The number of carboxylic acids is 1. The van der Waals surface area contributed by atoms with E-state index in [4.69, 9.17) is 5.11 Å². The van der Waals surface area contributed by atoms with Crippen molar-refractivity contribution in [2.24, 2.45) is 0 Å². The van der Waals surface area contributed by atoms with Crippen LogP contribution in [0.15, 0.2) is 24.5 Å². The number of H-pyrrole nitrogens is 1. The molecule has 0 saturated carbocycles. The van der Waals surface area contributed by atoms with E-state index in [2.05, 4.69) is 9.97 Å². The molecule has 1 aromatic carbocycles. The van der Waals surface area contributed by atoms with Gasteiger partial charge in [-0.3, -0.25) is 0 Å². The Morgan fingerprint density at radius 2 is 2.27 bits per heavy atom. The van der Waals surface area contributed by atoms with E-state index in [1.807, 2.05) is 0 Å². The Bertz CT molecular complexity index is 543. The fraction of sp³-hybridized carbons (Fsp3) is 0. The molecule has 0 radical (unpaired) electrons. The van der Waals surface area contributed by atoms with Gasteiger partial charge in [-0.25, -0.2) is 9.78 Å². The van der Waals surface area contributed by atoms with Gasteiger partial charge in [0.05, 0.1) is 17.4 Å². The zero-order chi connectivity index (χ0) is 10.8. The number of rotatable bonds is 2. The average Bonchev–Trinajstić information content (AvgIpc) is 2.63. The number of phenolic OH excluding ortho intramolecular Hbond substituents is 1. The van der Waals surface area contributed by atoms with Crippen molar-refractivity contribution in [3.63, 3.8) is 0 Å². The number of benzene rings is 1. The molecule has 15 heavy (non-hydrogen) atoms. The first-order valence-corrected chi connectivity index (χ1v) is 4.24. The van der Waals surface area contributed by atoms with E-state index in [1.165, 1.54) is 18.5 Å². The van der Waals surface area contributed by atoms with E-state index in [1.54, 1.807) is 6.07 Å². The van der Waals surface area contributed by atoms with E-state index in [9.17, 15) is 9.90 Å². The molecule has 2 aromatic rings. The first-order valence-electron chi connectivity index (χ1n) is 4.24. The SMILES string of the molecule is O=C(O)/C=C/c1c(O)ccc2[nH]cnc12. The molecule has 0 aliphatic rings. The lowest BCUT2D eigenvalue weighted by atomic mass is 10.1. The zero-order valence-corrected chi connectivity index (χ0v) is 7.64. The van der Waals surface area contributed by atoms with Crippen molar-refractivity contribution in [1.29, 1.82) is 0 Å². The number of nitrogens with zero attached hydrogens (tertiary/aromatic N) is 1. The third kappa shape index (κ3) is 1.67. The molecule has 0 amide bonds. The Morgan fingerprint density at radius 1 is 1.47 bits per heavy atom. The molecule has 0 spiro atoms. The summed E-state index contributed by atoms with van der Waals surface area (Å²) in [5, 5.41) is 18.0. The fourth-order valence-electron chi connectivity index (χ4n) is 1.34. The maximum atomic E-state index is 10.4. The predicted octanol–water partition coefficient (Wildman–Crippen LogP) is 1.37. The lowest BCUT2D eigenvalue weighted by Gasteiger charge is -1.98. The van der Waals surface area contributed by atoms with E-state index in [0.717, 1.165) is 11.6 Å². The molecule has 0 fully saturated rings. The minimum absolute atomic E-state index is 0.00657. The Labute approximate surface area is 84.7 Å². The normalized spacial score (nSPS) is 11.2. The minimum atomic E-state index is -1.07. The summed E-state index contributed by atoms with van der Waals surface area (Å²) in [5.74, 6) is -1.06. The van der Waals surface area contributed by atoms with Crippen LogP contribution >= 0.6 is 0 Å². The van der Waals surface area contributed by atoms with Crippen LogP contribution in [0, 0.1) is 0 Å². The quantitative estimate of drug-likeness (QED) is 0.645. The summed E-state index contributed by atoms with van der Waals surface area (Å²) in [4.78, 5) is 17.2. The zero-order valence-electron chi connectivity index (χ0n) is 7.64. The first kappa shape index (κ1) is 9.26. The summed E-state index contributed by atoms with van der Waals surface area (Å²) >= 11 is 0. The monoisotopic (exact) mass is 204 g/mol. The number of carbonyl (C=O) groups is 1. The minimum Gasteiger partial charge on any atom is -0.507 e. The fourth-order valence-corrected chi connectivity index (χ4v) is 1.34. The van der Waals surface area contributed by atoms with E-state index >= 15 is 0 Å². The van der Waals surface area contributed by atoms with Crippen molar-refractivity contribution in [3.05, 3.63) is 30.1 Å². The highest BCUT2D eigenvalue weighted by Crippen LogP contribution is 2.25. The van der Waals surface area contributed by atoms with E-state index in [0.29, 0.717) is 11.1 Å². The molecule has 0 saturated heterocycles. The van der Waals surface area contributed by atoms with Crippen LogP contribution < -0.4 is 0 Å². The van der Waals surface area contributed by atoms with Gasteiger partial charge in [-0.05, 0) is 18.2 Å². The van der Waals surface area contributed by atoms with E-state index in [-0.39, 0.29) is 5.75 Å². The molecule has 0 aliphatic heterocycles. The topological polar surface area (TPSA) is 86.2 Å². The van der Waals surface area contributed by atoms with Crippen LogP contribution in [0.4, 0.5) is 0 Å². The number of phenols is 1. The van der Waals surface area contributed by atoms with Crippen LogP contribution in [0.5, 0.6) is 5.75 Å². The molecule has 5 heteroatoms. The summed E-state index contributed by atoms with van der Waals surface area (Å²) in [6.45, 7) is 0. The number of fused-ring (bicyclic) bond motifs is 1. The largest absolute Gasteiger partial charge is 0.507 e. The number of carboxylic acid groups (broad SMARTS) is 1. The third-order valence-corrected chi connectivity index (χ3v) is 2.00. The highest BCUT2D eigenvalue weighted by molar-refractivity contribution is 5.92. The Balaban J connectivity index is 2.61. The summed E-state index contributed by atoms with van der Waals surface area (Å²) < 4.78 is 0. The first-order chi connectivity index (χ1) is 7.18. The van der Waals surface area contributed by atoms with E-state index < -0.39 is 5.97 Å². The van der Waals surface area contributed by atoms with Crippen molar-refractivity contribution in [1.82, 2.24) is 9.97 Å². The van der Waals surface area contributed by atoms with Gasteiger partial charge in [-0.15, -0.1) is 0 Å². The van der Waals surface area contributed by atoms with Crippen molar-refractivity contribution in [2.45, 2.75) is 0 Å². The summed E-state index contributed by atoms with van der Waals surface area (Å²) in [7, 11) is 0. The number of aromatic hydroxyl groups is 1. The van der Waals surface area contributed by atoms with Crippen LogP contribution in [0.2, 0.25) is 0 Å². The summed E-state index contributed by atoms with van der Waals surface area (Å²) in [5.41, 5.74) is 1.70. The molecule has 1 heterocycles. The molecular formula is C10H8N2O3. The lowest BCUT2D eigenvalue weighted by Crippen LogP contribution is -1.86. The van der Waals surface area contributed by atoms with Gasteiger partial charge in [0.25, 0.3) is 0 Å². The van der Waals surface area contributed by atoms with Crippen LogP contribution in [-0.2, 0) is 4.79 Å². The number of hydrogen-bond acceptors (Lipinski definition) is 3. The average molecular weight is 204 g/mol. The number of hydrogen-bond donors (Lipinski definition) is 3. The molecule has 1 aromatic heterocycles. The number of aromatic nitrogens is 2. The Morgan fingerprint density at radius 3 is 3.00 bits per heavy atom. The van der Waals surface area contributed by atoms with Gasteiger partial charge in [0.15, 0.2) is 0 Å². The summed E-state index contributed by atoms with van der Waals surface area (Å²) in [6.07, 6.45) is 3.77. The number of nitrogens with one attached hydrogen (secondary N) is 1. The Kier molecular flexibility index (Phi) is 2.13. The Hall–Kier alpha value is -2.30. The summed E-state index contributed by atoms with van der Waals surface area (Å²) in [6, 6.07) is 3.16. The maximum absolute atomic E-state index is 10.4. The third-order valence-electron chi connectivity index (χ3n) is 2.00. The molecular weight excluding hydrogens is 196 g/mol. The number of imidazole rings is 1. The second kappa shape index (κ2) is 3.45. The smallest absolute Gasteiger partial charge is 0.328 e.